The Morgan fingerprint density at radius 2 is 2.00 bits per heavy atom. The summed E-state index contributed by atoms with van der Waals surface area (Å²) in [5.41, 5.74) is 10.6. The van der Waals surface area contributed by atoms with Crippen molar-refractivity contribution in [2.75, 3.05) is 12.8 Å². The summed E-state index contributed by atoms with van der Waals surface area (Å²) in [6, 6.07) is 5.57. The summed E-state index contributed by atoms with van der Waals surface area (Å²) in [6.07, 6.45) is 5.38. The van der Waals surface area contributed by atoms with Gasteiger partial charge in [-0.1, -0.05) is 23.6 Å². The summed E-state index contributed by atoms with van der Waals surface area (Å²) in [5.74, 6) is 7.10. The second-order valence-electron chi connectivity index (χ2n) is 6.75. The average Bonchev–Trinajstić information content (AvgIpc) is 3.07. The third-order valence-corrected chi connectivity index (χ3v) is 5.02. The van der Waals surface area contributed by atoms with Crippen LogP contribution in [0.2, 0.25) is 5.15 Å². The van der Waals surface area contributed by atoms with Crippen LogP contribution in [-0.4, -0.2) is 31.6 Å². The monoisotopic (exact) mass is 418 g/mol. The van der Waals surface area contributed by atoms with Crippen molar-refractivity contribution < 1.29 is 4.74 Å². The van der Waals surface area contributed by atoms with Crippen molar-refractivity contribution in [2.24, 2.45) is 0 Å². The normalized spacial score (nSPS) is 10.7. The van der Waals surface area contributed by atoms with Gasteiger partial charge in [0.1, 0.15) is 22.2 Å². The van der Waals surface area contributed by atoms with Gasteiger partial charge in [0.05, 0.1) is 30.3 Å². The van der Waals surface area contributed by atoms with E-state index in [-0.39, 0.29) is 11.1 Å². The lowest BCUT2D eigenvalue weighted by molar-refractivity contribution is 0.406. The van der Waals surface area contributed by atoms with E-state index in [2.05, 4.69) is 31.8 Å². The number of aromatic nitrogens is 5. The standard InChI is InChI=1S/C22H19ClN6O/c1-13-10-26-17(14(2)19(13)30-3)12-29-11-15(7-8-16-6-4-5-9-25-16)18-20(23)27-22(24)28-21(18)29/h4-6,9-11H,12H2,1-3H3,(H2,24,27,28). The molecule has 0 unspecified atom stereocenters. The largest absolute Gasteiger partial charge is 0.496 e. The number of nitrogen functional groups attached to an aromatic ring is 1. The molecule has 4 aromatic heterocycles. The van der Waals surface area contributed by atoms with Gasteiger partial charge >= 0.3 is 0 Å². The maximum absolute atomic E-state index is 6.40. The van der Waals surface area contributed by atoms with Gasteiger partial charge in [0.25, 0.3) is 0 Å². The molecule has 7 nitrogen and oxygen atoms in total. The minimum Gasteiger partial charge on any atom is -0.496 e. The van der Waals surface area contributed by atoms with Gasteiger partial charge in [-0.15, -0.1) is 0 Å². The third-order valence-electron chi connectivity index (χ3n) is 4.75. The molecule has 4 heterocycles. The van der Waals surface area contributed by atoms with E-state index < -0.39 is 0 Å². The number of ether oxygens (including phenoxy) is 1. The molecule has 8 heteroatoms. The second-order valence-corrected chi connectivity index (χ2v) is 7.11. The number of nitrogens with two attached hydrogens (primary N) is 1. The number of anilines is 1. The summed E-state index contributed by atoms with van der Waals surface area (Å²) >= 11 is 6.40. The van der Waals surface area contributed by atoms with E-state index in [1.165, 1.54) is 0 Å². The van der Waals surface area contributed by atoms with Crippen LogP contribution in [0.25, 0.3) is 11.0 Å². The van der Waals surface area contributed by atoms with Crippen LogP contribution in [0.5, 0.6) is 5.75 Å². The van der Waals surface area contributed by atoms with Crippen molar-refractivity contribution in [3.8, 4) is 17.6 Å². The predicted octanol–water partition coefficient (Wildman–Crippen LogP) is 3.53. The van der Waals surface area contributed by atoms with E-state index >= 15 is 0 Å². The van der Waals surface area contributed by atoms with Crippen LogP contribution >= 0.6 is 11.6 Å². The Labute approximate surface area is 178 Å². The molecule has 0 spiro atoms. The molecule has 0 aliphatic heterocycles. The SMILES string of the molecule is COc1c(C)cnc(Cn2cc(C#Cc3ccccn3)c3c(Cl)nc(N)nc32)c1C. The maximum atomic E-state index is 6.40. The zero-order chi connectivity index (χ0) is 21.3. The highest BCUT2D eigenvalue weighted by atomic mass is 35.5. The first kappa shape index (κ1) is 19.7. The van der Waals surface area contributed by atoms with Gasteiger partial charge in [-0.05, 0) is 31.9 Å². The van der Waals surface area contributed by atoms with E-state index in [1.807, 2.05) is 42.8 Å². The number of hydrogen-bond acceptors (Lipinski definition) is 6. The lowest BCUT2D eigenvalue weighted by atomic mass is 10.1. The predicted molar refractivity (Wildman–Crippen MR) is 117 cm³/mol. The molecule has 150 valence electrons. The van der Waals surface area contributed by atoms with Crippen molar-refractivity contribution >= 4 is 28.6 Å². The molecule has 0 amide bonds. The fourth-order valence-corrected chi connectivity index (χ4v) is 3.61. The number of aryl methyl sites for hydroxylation is 1. The Morgan fingerprint density at radius 1 is 1.17 bits per heavy atom. The van der Waals surface area contributed by atoms with Gasteiger partial charge in [-0.3, -0.25) is 4.98 Å². The molecule has 0 saturated heterocycles. The summed E-state index contributed by atoms with van der Waals surface area (Å²) in [4.78, 5) is 17.3. The Kier molecular flexibility index (Phi) is 5.25. The van der Waals surface area contributed by atoms with Gasteiger partial charge in [0.15, 0.2) is 0 Å². The lowest BCUT2D eigenvalue weighted by Gasteiger charge is -2.13. The number of pyridine rings is 2. The molecule has 0 aromatic carbocycles. The first-order valence-electron chi connectivity index (χ1n) is 9.22. The zero-order valence-electron chi connectivity index (χ0n) is 16.8. The first-order valence-corrected chi connectivity index (χ1v) is 9.59. The van der Waals surface area contributed by atoms with E-state index in [4.69, 9.17) is 22.1 Å². The highest BCUT2D eigenvalue weighted by Crippen LogP contribution is 2.29. The Hall–Kier alpha value is -3.63. The minimum atomic E-state index is 0.0993. The molecule has 0 saturated carbocycles. The average molecular weight is 419 g/mol. The van der Waals surface area contributed by atoms with Crippen LogP contribution in [-0.2, 0) is 6.54 Å². The third kappa shape index (κ3) is 3.65. The fourth-order valence-electron chi connectivity index (χ4n) is 3.33. The molecule has 0 radical (unpaired) electrons. The second kappa shape index (κ2) is 8.01. The van der Waals surface area contributed by atoms with Crippen LogP contribution in [0, 0.1) is 25.7 Å². The molecule has 0 aliphatic carbocycles. The van der Waals surface area contributed by atoms with E-state index in [0.29, 0.717) is 28.8 Å². The summed E-state index contributed by atoms with van der Waals surface area (Å²) in [7, 11) is 1.66. The minimum absolute atomic E-state index is 0.0993. The van der Waals surface area contributed by atoms with Gasteiger partial charge in [0.2, 0.25) is 5.95 Å². The molecule has 30 heavy (non-hydrogen) atoms. The first-order chi connectivity index (χ1) is 14.5. The van der Waals surface area contributed by atoms with Crippen molar-refractivity contribution in [1.29, 1.82) is 0 Å². The van der Waals surface area contributed by atoms with Gasteiger partial charge in [-0.25, -0.2) is 9.97 Å². The molecular formula is C22H19ClN6O. The zero-order valence-corrected chi connectivity index (χ0v) is 17.5. The molecule has 4 aromatic rings. The number of fused-ring (bicyclic) bond motifs is 1. The Balaban J connectivity index is 1.85. The molecule has 0 bridgehead atoms. The number of rotatable bonds is 3. The summed E-state index contributed by atoms with van der Waals surface area (Å²) in [5, 5.41) is 0.902. The Morgan fingerprint density at radius 3 is 2.73 bits per heavy atom. The maximum Gasteiger partial charge on any atom is 0.223 e. The van der Waals surface area contributed by atoms with Gasteiger partial charge in [0, 0.05) is 29.7 Å². The number of methoxy groups -OCH3 is 1. The topological polar surface area (TPSA) is 91.7 Å². The van der Waals surface area contributed by atoms with E-state index in [9.17, 15) is 0 Å². The number of nitrogens with zero attached hydrogens (tertiary/aromatic N) is 5. The molecule has 0 aliphatic rings. The lowest BCUT2D eigenvalue weighted by Crippen LogP contribution is -2.07. The van der Waals surface area contributed by atoms with Crippen molar-refractivity contribution in [3.63, 3.8) is 0 Å². The molecule has 0 fully saturated rings. The van der Waals surface area contributed by atoms with E-state index in [0.717, 1.165) is 22.6 Å². The summed E-state index contributed by atoms with van der Waals surface area (Å²) < 4.78 is 7.45. The van der Waals surface area contributed by atoms with Crippen LogP contribution in [0.3, 0.4) is 0 Å². The highest BCUT2D eigenvalue weighted by Gasteiger charge is 2.17. The molecule has 0 atom stereocenters. The molecular weight excluding hydrogens is 400 g/mol. The number of halogens is 1. The van der Waals surface area contributed by atoms with Gasteiger partial charge < -0.3 is 15.0 Å². The van der Waals surface area contributed by atoms with Crippen LogP contribution in [0.15, 0.2) is 36.8 Å². The van der Waals surface area contributed by atoms with E-state index in [1.54, 1.807) is 19.5 Å². The molecule has 2 N–H and O–H groups in total. The quantitative estimate of drug-likeness (QED) is 0.404. The van der Waals surface area contributed by atoms with Crippen molar-refractivity contribution in [1.82, 2.24) is 24.5 Å². The van der Waals surface area contributed by atoms with Crippen LogP contribution in [0.4, 0.5) is 5.95 Å². The smallest absolute Gasteiger partial charge is 0.223 e. The Bertz CT molecular complexity index is 1300. The van der Waals surface area contributed by atoms with Crippen molar-refractivity contribution in [3.05, 3.63) is 70.0 Å². The highest BCUT2D eigenvalue weighted by molar-refractivity contribution is 6.34. The van der Waals surface area contributed by atoms with Crippen molar-refractivity contribution in [2.45, 2.75) is 20.4 Å². The number of hydrogen-bond donors (Lipinski definition) is 1. The van der Waals surface area contributed by atoms with Crippen LogP contribution in [0.1, 0.15) is 28.1 Å². The van der Waals surface area contributed by atoms with Crippen LogP contribution < -0.4 is 10.5 Å². The molecule has 4 rings (SSSR count). The van der Waals surface area contributed by atoms with Gasteiger partial charge in [-0.2, -0.15) is 4.98 Å². The fraction of sp³-hybridized carbons (Fsp3) is 0.182. The summed E-state index contributed by atoms with van der Waals surface area (Å²) in [6.45, 7) is 4.40.